The highest BCUT2D eigenvalue weighted by atomic mass is 32.1. The van der Waals surface area contributed by atoms with Crippen LogP contribution < -0.4 is 0 Å². The molecule has 5 nitrogen and oxygen atoms in total. The number of aromatic nitrogens is 2. The van der Waals surface area contributed by atoms with Crippen LogP contribution in [0.25, 0.3) is 21.5 Å². The van der Waals surface area contributed by atoms with E-state index in [2.05, 4.69) is 10.2 Å². The minimum absolute atomic E-state index is 0.0690. The second-order valence-corrected chi connectivity index (χ2v) is 7.99. The van der Waals surface area contributed by atoms with Gasteiger partial charge in [-0.2, -0.15) is 0 Å². The van der Waals surface area contributed by atoms with E-state index >= 15 is 0 Å². The standard InChI is InChI=1S/C22H19N3O2S/c26-22(18-10-3-7-15-6-1-2-9-17(15)18)25-12-4-8-16(14-25)20-23-24-21(27-20)19-11-5-13-28-19/h1-3,5-7,9-11,13,16H,4,8,12,14H2. The van der Waals surface area contributed by atoms with E-state index in [9.17, 15) is 4.79 Å². The van der Waals surface area contributed by atoms with Gasteiger partial charge >= 0.3 is 0 Å². The molecular weight excluding hydrogens is 370 g/mol. The van der Waals surface area contributed by atoms with E-state index in [1.807, 2.05) is 64.9 Å². The van der Waals surface area contributed by atoms with E-state index in [-0.39, 0.29) is 11.8 Å². The largest absolute Gasteiger partial charge is 0.420 e. The van der Waals surface area contributed by atoms with E-state index in [1.54, 1.807) is 11.3 Å². The molecule has 28 heavy (non-hydrogen) atoms. The second-order valence-electron chi connectivity index (χ2n) is 7.04. The lowest BCUT2D eigenvalue weighted by molar-refractivity contribution is 0.0700. The van der Waals surface area contributed by atoms with Gasteiger partial charge in [0.1, 0.15) is 0 Å². The summed E-state index contributed by atoms with van der Waals surface area (Å²) in [6.07, 6.45) is 1.88. The van der Waals surface area contributed by atoms with Crippen molar-refractivity contribution in [3.63, 3.8) is 0 Å². The number of fused-ring (bicyclic) bond motifs is 1. The molecule has 0 bridgehead atoms. The highest BCUT2D eigenvalue weighted by Gasteiger charge is 2.29. The lowest BCUT2D eigenvalue weighted by Crippen LogP contribution is -2.39. The van der Waals surface area contributed by atoms with Gasteiger partial charge in [0.15, 0.2) is 0 Å². The zero-order chi connectivity index (χ0) is 18.9. The molecule has 1 atom stereocenters. The minimum atomic E-state index is 0.0690. The maximum atomic E-state index is 13.2. The normalized spacial score (nSPS) is 17.1. The van der Waals surface area contributed by atoms with Crippen LogP contribution in [-0.2, 0) is 0 Å². The predicted molar refractivity (Wildman–Crippen MR) is 109 cm³/mol. The van der Waals surface area contributed by atoms with Crippen LogP contribution in [0, 0.1) is 0 Å². The Morgan fingerprint density at radius 2 is 1.96 bits per heavy atom. The number of amides is 1. The van der Waals surface area contributed by atoms with Crippen LogP contribution in [-0.4, -0.2) is 34.1 Å². The lowest BCUT2D eigenvalue weighted by atomic mass is 9.96. The summed E-state index contributed by atoms with van der Waals surface area (Å²) in [5.74, 6) is 1.33. The second kappa shape index (κ2) is 7.20. The van der Waals surface area contributed by atoms with Gasteiger partial charge in [0.2, 0.25) is 5.89 Å². The van der Waals surface area contributed by atoms with Crippen molar-refractivity contribution in [2.24, 2.45) is 0 Å². The van der Waals surface area contributed by atoms with Crippen molar-refractivity contribution in [3.05, 3.63) is 71.4 Å². The first-order chi connectivity index (χ1) is 13.8. The van der Waals surface area contributed by atoms with E-state index in [0.717, 1.165) is 40.6 Å². The summed E-state index contributed by atoms with van der Waals surface area (Å²) in [7, 11) is 0. The van der Waals surface area contributed by atoms with Crippen LogP contribution in [0.3, 0.4) is 0 Å². The fraction of sp³-hybridized carbons (Fsp3) is 0.227. The van der Waals surface area contributed by atoms with Crippen LogP contribution in [0.2, 0.25) is 0 Å². The molecule has 5 rings (SSSR count). The molecule has 2 aromatic carbocycles. The first kappa shape index (κ1) is 17.1. The van der Waals surface area contributed by atoms with Gasteiger partial charge in [-0.3, -0.25) is 4.79 Å². The van der Waals surface area contributed by atoms with Crippen LogP contribution in [0.15, 0.2) is 64.4 Å². The van der Waals surface area contributed by atoms with E-state index in [1.165, 1.54) is 0 Å². The van der Waals surface area contributed by atoms with Crippen LogP contribution in [0.5, 0.6) is 0 Å². The molecular formula is C22H19N3O2S. The summed E-state index contributed by atoms with van der Waals surface area (Å²) < 4.78 is 5.92. The van der Waals surface area contributed by atoms with E-state index < -0.39 is 0 Å². The Morgan fingerprint density at radius 3 is 2.86 bits per heavy atom. The Hall–Kier alpha value is -2.99. The Labute approximate surface area is 166 Å². The molecule has 1 aliphatic rings. The quantitative estimate of drug-likeness (QED) is 0.496. The number of nitrogens with zero attached hydrogens (tertiary/aromatic N) is 3. The van der Waals surface area contributed by atoms with Crippen LogP contribution in [0.4, 0.5) is 0 Å². The summed E-state index contributed by atoms with van der Waals surface area (Å²) in [5.41, 5.74) is 0.753. The number of carbonyl (C=O) groups is 1. The Bertz CT molecular complexity index is 1110. The molecule has 3 heterocycles. The third-order valence-electron chi connectivity index (χ3n) is 5.25. The molecule has 1 fully saturated rings. The summed E-state index contributed by atoms with van der Waals surface area (Å²) in [4.78, 5) is 16.1. The highest BCUT2D eigenvalue weighted by molar-refractivity contribution is 7.13. The third kappa shape index (κ3) is 3.10. The number of piperidine rings is 1. The molecule has 2 aromatic heterocycles. The van der Waals surface area contributed by atoms with Crippen molar-refractivity contribution in [3.8, 4) is 10.8 Å². The fourth-order valence-electron chi connectivity index (χ4n) is 3.84. The van der Waals surface area contributed by atoms with Crippen molar-refractivity contribution in [2.45, 2.75) is 18.8 Å². The zero-order valence-corrected chi connectivity index (χ0v) is 16.1. The minimum Gasteiger partial charge on any atom is -0.420 e. The maximum Gasteiger partial charge on any atom is 0.257 e. The van der Waals surface area contributed by atoms with Crippen molar-refractivity contribution in [2.75, 3.05) is 13.1 Å². The number of thiophene rings is 1. The third-order valence-corrected chi connectivity index (χ3v) is 6.11. The first-order valence-corrected chi connectivity index (χ1v) is 10.3. The van der Waals surface area contributed by atoms with Crippen molar-refractivity contribution < 1.29 is 9.21 Å². The molecule has 1 aliphatic heterocycles. The molecule has 1 unspecified atom stereocenters. The fourth-order valence-corrected chi connectivity index (χ4v) is 4.49. The average Bonchev–Trinajstić information content (AvgIpc) is 3.45. The van der Waals surface area contributed by atoms with Gasteiger partial charge in [-0.05, 0) is 41.1 Å². The molecule has 4 aromatic rings. The number of carbonyl (C=O) groups excluding carboxylic acids is 1. The topological polar surface area (TPSA) is 59.2 Å². The average molecular weight is 389 g/mol. The summed E-state index contributed by atoms with van der Waals surface area (Å²) in [5, 5.41) is 12.5. The number of hydrogen-bond acceptors (Lipinski definition) is 5. The van der Waals surface area contributed by atoms with E-state index in [0.29, 0.717) is 18.3 Å². The van der Waals surface area contributed by atoms with Gasteiger partial charge in [0.25, 0.3) is 11.8 Å². The zero-order valence-electron chi connectivity index (χ0n) is 15.2. The molecule has 0 spiro atoms. The number of hydrogen-bond donors (Lipinski definition) is 0. The van der Waals surface area contributed by atoms with Gasteiger partial charge < -0.3 is 9.32 Å². The summed E-state index contributed by atoms with van der Waals surface area (Å²) in [6.45, 7) is 1.36. The molecule has 140 valence electrons. The maximum absolute atomic E-state index is 13.2. The van der Waals surface area contributed by atoms with Crippen molar-refractivity contribution in [1.29, 1.82) is 0 Å². The Morgan fingerprint density at radius 1 is 1.07 bits per heavy atom. The predicted octanol–water partition coefficient (Wildman–Crippen LogP) is 4.97. The lowest BCUT2D eigenvalue weighted by Gasteiger charge is -2.31. The molecule has 6 heteroatoms. The highest BCUT2D eigenvalue weighted by Crippen LogP contribution is 2.31. The van der Waals surface area contributed by atoms with Gasteiger partial charge in [0.05, 0.1) is 10.8 Å². The van der Waals surface area contributed by atoms with Gasteiger partial charge in [-0.25, -0.2) is 0 Å². The van der Waals surface area contributed by atoms with Gasteiger partial charge in [-0.15, -0.1) is 21.5 Å². The molecule has 0 radical (unpaired) electrons. The monoisotopic (exact) mass is 389 g/mol. The SMILES string of the molecule is O=C(c1cccc2ccccc12)N1CCCC(c2nnc(-c3cccs3)o2)C1. The number of rotatable bonds is 3. The molecule has 0 saturated carbocycles. The molecule has 0 N–H and O–H groups in total. The summed E-state index contributed by atoms with van der Waals surface area (Å²) >= 11 is 1.58. The van der Waals surface area contributed by atoms with Crippen molar-refractivity contribution in [1.82, 2.24) is 15.1 Å². The van der Waals surface area contributed by atoms with Crippen LogP contribution >= 0.6 is 11.3 Å². The first-order valence-electron chi connectivity index (χ1n) is 9.44. The smallest absolute Gasteiger partial charge is 0.257 e. The van der Waals surface area contributed by atoms with Crippen molar-refractivity contribution >= 4 is 28.0 Å². The van der Waals surface area contributed by atoms with Crippen LogP contribution in [0.1, 0.15) is 35.0 Å². The Kier molecular flexibility index (Phi) is 4.41. The van der Waals surface area contributed by atoms with E-state index in [4.69, 9.17) is 4.42 Å². The number of benzene rings is 2. The Balaban J connectivity index is 1.39. The number of likely N-dealkylation sites (tertiary alicyclic amines) is 1. The summed E-state index contributed by atoms with van der Waals surface area (Å²) in [6, 6.07) is 17.9. The van der Waals surface area contributed by atoms with Gasteiger partial charge in [-0.1, -0.05) is 42.5 Å². The van der Waals surface area contributed by atoms with Gasteiger partial charge in [0, 0.05) is 18.7 Å². The molecule has 0 aliphatic carbocycles. The molecule has 1 amide bonds. The molecule has 1 saturated heterocycles.